The van der Waals surface area contributed by atoms with Crippen molar-refractivity contribution in [2.24, 2.45) is 5.92 Å². The zero-order valence-corrected chi connectivity index (χ0v) is 15.0. The largest absolute Gasteiger partial charge is 0.277 e. The Bertz CT molecular complexity index is 1080. The minimum atomic E-state index is -0.215. The molecule has 0 radical (unpaired) electrons. The average Bonchev–Trinajstić information content (AvgIpc) is 3.23. The molecule has 0 saturated carbocycles. The van der Waals surface area contributed by atoms with Crippen molar-refractivity contribution in [2.75, 3.05) is 0 Å². The van der Waals surface area contributed by atoms with Gasteiger partial charge in [-0.15, -0.1) is 0 Å². The third kappa shape index (κ3) is 2.98. The Morgan fingerprint density at radius 1 is 1.00 bits per heavy atom. The van der Waals surface area contributed by atoms with Crippen molar-refractivity contribution in [3.63, 3.8) is 0 Å². The van der Waals surface area contributed by atoms with Gasteiger partial charge in [0, 0.05) is 22.9 Å². The summed E-state index contributed by atoms with van der Waals surface area (Å²) in [6.07, 6.45) is 0.862. The molecule has 0 aliphatic heterocycles. The first-order valence-electron chi connectivity index (χ1n) is 8.67. The molecule has 0 aliphatic rings. The summed E-state index contributed by atoms with van der Waals surface area (Å²) < 4.78 is 13.6. The van der Waals surface area contributed by atoms with Crippen LogP contribution in [0, 0.1) is 18.7 Å². The number of aromatic nitrogens is 5. The second kappa shape index (κ2) is 6.37. The number of aryl methyl sites for hydroxylation is 1. The molecule has 2 aromatic carbocycles. The standard InChI is InChI=1S/C20H20FN5/c1-11(2)8-18-22-20(26-24-18)14-5-7-17-15(10-14)19(25-23-17)13-4-6-16(21)12(3)9-13/h4-7,9-11H,8H2,1-3H3,(H,23,25)(H,22,24,26). The van der Waals surface area contributed by atoms with E-state index in [0.717, 1.165) is 40.0 Å². The van der Waals surface area contributed by atoms with Gasteiger partial charge in [-0.1, -0.05) is 13.8 Å². The van der Waals surface area contributed by atoms with Crippen molar-refractivity contribution >= 4 is 10.9 Å². The molecule has 0 saturated heterocycles. The minimum Gasteiger partial charge on any atom is -0.277 e. The fourth-order valence-electron chi connectivity index (χ4n) is 3.07. The van der Waals surface area contributed by atoms with E-state index in [1.165, 1.54) is 6.07 Å². The fourth-order valence-corrected chi connectivity index (χ4v) is 3.07. The van der Waals surface area contributed by atoms with Crippen molar-refractivity contribution in [1.29, 1.82) is 0 Å². The lowest BCUT2D eigenvalue weighted by Crippen LogP contribution is -1.95. The molecule has 0 atom stereocenters. The highest BCUT2D eigenvalue weighted by Crippen LogP contribution is 2.30. The Kier molecular flexibility index (Phi) is 4.03. The Morgan fingerprint density at radius 2 is 1.81 bits per heavy atom. The third-order valence-corrected chi connectivity index (χ3v) is 4.39. The summed E-state index contributed by atoms with van der Waals surface area (Å²) in [4.78, 5) is 4.59. The second-order valence-corrected chi connectivity index (χ2v) is 7.00. The molecule has 0 fully saturated rings. The number of nitrogens with zero attached hydrogens (tertiary/aromatic N) is 3. The van der Waals surface area contributed by atoms with Gasteiger partial charge in [0.15, 0.2) is 5.82 Å². The quantitative estimate of drug-likeness (QED) is 0.563. The average molecular weight is 349 g/mol. The summed E-state index contributed by atoms with van der Waals surface area (Å²) in [7, 11) is 0. The maximum absolute atomic E-state index is 13.6. The van der Waals surface area contributed by atoms with Gasteiger partial charge in [-0.25, -0.2) is 9.37 Å². The van der Waals surface area contributed by atoms with E-state index in [2.05, 4.69) is 39.2 Å². The van der Waals surface area contributed by atoms with Crippen LogP contribution in [0.4, 0.5) is 4.39 Å². The molecular weight excluding hydrogens is 329 g/mol. The summed E-state index contributed by atoms with van der Waals surface area (Å²) in [5, 5.41) is 15.8. The van der Waals surface area contributed by atoms with E-state index in [1.54, 1.807) is 13.0 Å². The van der Waals surface area contributed by atoms with Crippen molar-refractivity contribution in [1.82, 2.24) is 25.4 Å². The smallest absolute Gasteiger partial charge is 0.181 e. The molecule has 5 nitrogen and oxygen atoms in total. The SMILES string of the molecule is Cc1cc(-c2n[nH]c3ccc(-c4n[nH]c(CC(C)C)n4)cc23)ccc1F. The highest BCUT2D eigenvalue weighted by atomic mass is 19.1. The van der Waals surface area contributed by atoms with Crippen LogP contribution >= 0.6 is 0 Å². The van der Waals surface area contributed by atoms with Gasteiger partial charge < -0.3 is 0 Å². The normalized spacial score (nSPS) is 11.6. The number of halogens is 1. The molecule has 6 heteroatoms. The van der Waals surface area contributed by atoms with Crippen molar-refractivity contribution in [3.8, 4) is 22.6 Å². The van der Waals surface area contributed by atoms with E-state index in [4.69, 9.17) is 0 Å². The molecule has 132 valence electrons. The highest BCUT2D eigenvalue weighted by molar-refractivity contribution is 5.95. The van der Waals surface area contributed by atoms with Crippen LogP contribution < -0.4 is 0 Å². The Hall–Kier alpha value is -3.02. The highest BCUT2D eigenvalue weighted by Gasteiger charge is 2.13. The first-order chi connectivity index (χ1) is 12.5. The lowest BCUT2D eigenvalue weighted by Gasteiger charge is -2.02. The monoisotopic (exact) mass is 349 g/mol. The summed E-state index contributed by atoms with van der Waals surface area (Å²) in [5.41, 5.74) is 4.11. The topological polar surface area (TPSA) is 70.2 Å². The number of fused-ring (bicyclic) bond motifs is 1. The van der Waals surface area contributed by atoms with E-state index in [-0.39, 0.29) is 5.82 Å². The van der Waals surface area contributed by atoms with Crippen LogP contribution in [0.1, 0.15) is 25.2 Å². The Morgan fingerprint density at radius 3 is 2.58 bits per heavy atom. The lowest BCUT2D eigenvalue weighted by molar-refractivity contribution is 0.618. The van der Waals surface area contributed by atoms with Gasteiger partial charge in [0.2, 0.25) is 0 Å². The first-order valence-corrected chi connectivity index (χ1v) is 8.67. The first kappa shape index (κ1) is 16.4. The summed E-state index contributed by atoms with van der Waals surface area (Å²) in [6, 6.07) is 11.0. The van der Waals surface area contributed by atoms with Crippen LogP contribution in [-0.2, 0) is 6.42 Å². The summed E-state index contributed by atoms with van der Waals surface area (Å²) in [6.45, 7) is 6.05. The maximum Gasteiger partial charge on any atom is 0.181 e. The van der Waals surface area contributed by atoms with Gasteiger partial charge in [0.1, 0.15) is 11.6 Å². The summed E-state index contributed by atoms with van der Waals surface area (Å²) >= 11 is 0. The molecule has 0 aliphatic carbocycles. The minimum absolute atomic E-state index is 0.215. The molecule has 0 amide bonds. The number of nitrogens with one attached hydrogen (secondary N) is 2. The molecule has 0 spiro atoms. The molecule has 4 rings (SSSR count). The molecule has 2 aromatic heterocycles. The molecule has 0 bridgehead atoms. The zero-order chi connectivity index (χ0) is 18.3. The van der Waals surface area contributed by atoms with Crippen molar-refractivity contribution in [2.45, 2.75) is 27.2 Å². The van der Waals surface area contributed by atoms with E-state index in [9.17, 15) is 4.39 Å². The predicted molar refractivity (Wildman–Crippen MR) is 100 cm³/mol. The van der Waals surface area contributed by atoms with Crippen LogP contribution in [0.2, 0.25) is 0 Å². The molecule has 4 aromatic rings. The number of hydrogen-bond acceptors (Lipinski definition) is 3. The van der Waals surface area contributed by atoms with Gasteiger partial charge in [-0.3, -0.25) is 10.2 Å². The number of benzene rings is 2. The van der Waals surface area contributed by atoms with Gasteiger partial charge in [0.05, 0.1) is 11.2 Å². The van der Waals surface area contributed by atoms with Gasteiger partial charge in [-0.05, 0) is 54.8 Å². The second-order valence-electron chi connectivity index (χ2n) is 7.00. The summed E-state index contributed by atoms with van der Waals surface area (Å²) in [5.74, 6) is 1.86. The van der Waals surface area contributed by atoms with Gasteiger partial charge >= 0.3 is 0 Å². The Balaban J connectivity index is 1.77. The van der Waals surface area contributed by atoms with Crippen LogP contribution in [-0.4, -0.2) is 25.4 Å². The number of rotatable bonds is 4. The lowest BCUT2D eigenvalue weighted by atomic mass is 10.0. The van der Waals surface area contributed by atoms with E-state index in [0.29, 0.717) is 17.3 Å². The van der Waals surface area contributed by atoms with Crippen LogP contribution in [0.25, 0.3) is 33.5 Å². The van der Waals surface area contributed by atoms with Crippen molar-refractivity contribution < 1.29 is 4.39 Å². The number of hydrogen-bond donors (Lipinski definition) is 2. The molecular formula is C20H20FN5. The van der Waals surface area contributed by atoms with Crippen molar-refractivity contribution in [3.05, 3.63) is 53.6 Å². The van der Waals surface area contributed by atoms with E-state index in [1.807, 2.05) is 24.3 Å². The van der Waals surface area contributed by atoms with E-state index >= 15 is 0 Å². The Labute approximate surface area is 150 Å². The zero-order valence-electron chi connectivity index (χ0n) is 15.0. The molecule has 0 unspecified atom stereocenters. The van der Waals surface area contributed by atoms with Gasteiger partial charge in [-0.2, -0.15) is 10.2 Å². The van der Waals surface area contributed by atoms with Crippen LogP contribution in [0.5, 0.6) is 0 Å². The number of aromatic amines is 2. The number of H-pyrrole nitrogens is 2. The fraction of sp³-hybridized carbons (Fsp3) is 0.250. The van der Waals surface area contributed by atoms with E-state index < -0.39 is 0 Å². The molecule has 26 heavy (non-hydrogen) atoms. The molecule has 2 N–H and O–H groups in total. The van der Waals surface area contributed by atoms with Crippen LogP contribution in [0.3, 0.4) is 0 Å². The predicted octanol–water partition coefficient (Wildman–Crippen LogP) is 4.66. The third-order valence-electron chi connectivity index (χ3n) is 4.39. The van der Waals surface area contributed by atoms with Crippen LogP contribution in [0.15, 0.2) is 36.4 Å². The molecule has 2 heterocycles. The van der Waals surface area contributed by atoms with Gasteiger partial charge in [0.25, 0.3) is 0 Å². The maximum atomic E-state index is 13.6.